The Bertz CT molecular complexity index is 249. The van der Waals surface area contributed by atoms with Gasteiger partial charge in [0.1, 0.15) is 0 Å². The normalized spacial score (nSPS) is 19.1. The van der Waals surface area contributed by atoms with Gasteiger partial charge in [-0.05, 0) is 12.8 Å². The minimum Gasteiger partial charge on any atom is -0.353 e. The molecule has 1 unspecified atom stereocenters. The van der Waals surface area contributed by atoms with Gasteiger partial charge in [0.05, 0.1) is 0 Å². The van der Waals surface area contributed by atoms with Crippen molar-refractivity contribution in [1.29, 1.82) is 0 Å². The summed E-state index contributed by atoms with van der Waals surface area (Å²) in [5.74, 6) is 0.616. The quantitative estimate of drug-likeness (QED) is 0.824. The van der Waals surface area contributed by atoms with E-state index in [4.69, 9.17) is 0 Å². The van der Waals surface area contributed by atoms with Gasteiger partial charge in [-0.1, -0.05) is 37.9 Å². The summed E-state index contributed by atoms with van der Waals surface area (Å²) in [5, 5.41) is 3.16. The second kappa shape index (κ2) is 6.94. The SMILES string of the molecule is CC(=O)SCC(C)C(=O)NC1CCCCC1. The Morgan fingerprint density at radius 1 is 1.31 bits per heavy atom. The number of carbonyl (C=O) groups excluding carboxylic acids is 2. The number of rotatable bonds is 4. The van der Waals surface area contributed by atoms with Crippen LogP contribution in [0.3, 0.4) is 0 Å². The number of thioether (sulfide) groups is 1. The lowest BCUT2D eigenvalue weighted by atomic mass is 9.95. The second-order valence-electron chi connectivity index (χ2n) is 4.55. The van der Waals surface area contributed by atoms with Gasteiger partial charge in [-0.25, -0.2) is 0 Å². The summed E-state index contributed by atoms with van der Waals surface area (Å²) in [5.41, 5.74) is 0. The fourth-order valence-corrected chi connectivity index (χ4v) is 2.54. The summed E-state index contributed by atoms with van der Waals surface area (Å²) in [6.45, 7) is 3.42. The van der Waals surface area contributed by atoms with Crippen molar-refractivity contribution < 1.29 is 9.59 Å². The Hall–Kier alpha value is -0.510. The Balaban J connectivity index is 2.24. The zero-order valence-corrected chi connectivity index (χ0v) is 10.9. The van der Waals surface area contributed by atoms with Crippen LogP contribution >= 0.6 is 11.8 Å². The number of carbonyl (C=O) groups is 2. The summed E-state index contributed by atoms with van der Waals surface area (Å²) in [7, 11) is 0. The van der Waals surface area contributed by atoms with Gasteiger partial charge < -0.3 is 5.32 Å². The number of hydrogen-bond acceptors (Lipinski definition) is 3. The molecule has 1 N–H and O–H groups in total. The Morgan fingerprint density at radius 3 is 2.50 bits per heavy atom. The molecule has 1 atom stereocenters. The van der Waals surface area contributed by atoms with Gasteiger partial charge >= 0.3 is 0 Å². The Labute approximate surface area is 102 Å². The van der Waals surface area contributed by atoms with Gasteiger partial charge in [-0.3, -0.25) is 9.59 Å². The molecule has 1 amide bonds. The second-order valence-corrected chi connectivity index (χ2v) is 5.74. The molecule has 1 saturated carbocycles. The number of nitrogens with one attached hydrogen (secondary N) is 1. The third-order valence-corrected chi connectivity index (χ3v) is 4.01. The molecular weight excluding hydrogens is 222 g/mol. The van der Waals surface area contributed by atoms with E-state index in [0.717, 1.165) is 12.8 Å². The summed E-state index contributed by atoms with van der Waals surface area (Å²) in [4.78, 5) is 22.6. The molecule has 0 bridgehead atoms. The molecule has 0 heterocycles. The molecule has 1 aliphatic carbocycles. The molecule has 1 aliphatic rings. The maximum absolute atomic E-state index is 11.8. The first-order chi connectivity index (χ1) is 7.59. The summed E-state index contributed by atoms with van der Waals surface area (Å²) < 4.78 is 0. The van der Waals surface area contributed by atoms with Crippen molar-refractivity contribution in [1.82, 2.24) is 5.32 Å². The highest BCUT2D eigenvalue weighted by Crippen LogP contribution is 2.18. The van der Waals surface area contributed by atoms with Gasteiger partial charge in [0, 0.05) is 24.6 Å². The van der Waals surface area contributed by atoms with E-state index in [1.54, 1.807) is 0 Å². The van der Waals surface area contributed by atoms with Crippen LogP contribution in [0.4, 0.5) is 0 Å². The lowest BCUT2D eigenvalue weighted by molar-refractivity contribution is -0.124. The molecule has 1 fully saturated rings. The van der Waals surface area contributed by atoms with E-state index in [-0.39, 0.29) is 16.9 Å². The van der Waals surface area contributed by atoms with E-state index < -0.39 is 0 Å². The van der Waals surface area contributed by atoms with Gasteiger partial charge in [0.2, 0.25) is 5.91 Å². The van der Waals surface area contributed by atoms with E-state index in [1.165, 1.54) is 37.9 Å². The summed E-state index contributed by atoms with van der Waals surface area (Å²) in [6, 6.07) is 0.367. The van der Waals surface area contributed by atoms with Crippen molar-refractivity contribution >= 4 is 22.8 Å². The van der Waals surface area contributed by atoms with E-state index in [2.05, 4.69) is 5.32 Å². The molecular formula is C12H21NO2S. The largest absolute Gasteiger partial charge is 0.353 e. The summed E-state index contributed by atoms with van der Waals surface area (Å²) in [6.07, 6.45) is 5.96. The monoisotopic (exact) mass is 243 g/mol. The Kier molecular flexibility index (Phi) is 5.88. The third kappa shape index (κ3) is 5.01. The first-order valence-corrected chi connectivity index (χ1v) is 7.02. The maximum atomic E-state index is 11.8. The molecule has 3 nitrogen and oxygen atoms in total. The van der Waals surface area contributed by atoms with Crippen LogP contribution < -0.4 is 5.32 Å². The third-order valence-electron chi connectivity index (χ3n) is 2.94. The van der Waals surface area contributed by atoms with Crippen molar-refractivity contribution in [3.05, 3.63) is 0 Å². The van der Waals surface area contributed by atoms with Gasteiger partial charge in [-0.15, -0.1) is 0 Å². The fourth-order valence-electron chi connectivity index (χ4n) is 1.91. The first kappa shape index (κ1) is 13.6. The lowest BCUT2D eigenvalue weighted by Gasteiger charge is -2.24. The molecule has 16 heavy (non-hydrogen) atoms. The summed E-state index contributed by atoms with van der Waals surface area (Å²) >= 11 is 1.23. The maximum Gasteiger partial charge on any atom is 0.223 e. The van der Waals surface area contributed by atoms with Gasteiger partial charge in [-0.2, -0.15) is 0 Å². The Morgan fingerprint density at radius 2 is 1.94 bits per heavy atom. The molecule has 0 aromatic heterocycles. The smallest absolute Gasteiger partial charge is 0.223 e. The van der Waals surface area contributed by atoms with Crippen LogP contribution in [0, 0.1) is 5.92 Å². The molecule has 0 aromatic carbocycles. The molecule has 4 heteroatoms. The highest BCUT2D eigenvalue weighted by Gasteiger charge is 2.19. The van der Waals surface area contributed by atoms with Crippen LogP contribution in [0.1, 0.15) is 46.0 Å². The minimum absolute atomic E-state index is 0.0733. The van der Waals surface area contributed by atoms with Crippen molar-refractivity contribution in [3.63, 3.8) is 0 Å². The molecule has 0 saturated heterocycles. The van der Waals surface area contributed by atoms with E-state index in [1.807, 2.05) is 6.92 Å². The minimum atomic E-state index is -0.0733. The van der Waals surface area contributed by atoms with Crippen molar-refractivity contribution in [2.45, 2.75) is 52.0 Å². The molecule has 0 aromatic rings. The van der Waals surface area contributed by atoms with E-state index in [9.17, 15) is 9.59 Å². The van der Waals surface area contributed by atoms with Crippen molar-refractivity contribution in [2.75, 3.05) is 5.75 Å². The fraction of sp³-hybridized carbons (Fsp3) is 0.833. The number of amides is 1. The molecule has 0 aliphatic heterocycles. The van der Waals surface area contributed by atoms with Crippen LogP contribution in [0.5, 0.6) is 0 Å². The lowest BCUT2D eigenvalue weighted by Crippen LogP contribution is -2.39. The predicted molar refractivity (Wildman–Crippen MR) is 67.3 cm³/mol. The van der Waals surface area contributed by atoms with Crippen LogP contribution in [0.25, 0.3) is 0 Å². The highest BCUT2D eigenvalue weighted by molar-refractivity contribution is 8.13. The molecule has 0 radical (unpaired) electrons. The number of hydrogen-bond donors (Lipinski definition) is 1. The van der Waals surface area contributed by atoms with Crippen LogP contribution in [-0.4, -0.2) is 22.8 Å². The van der Waals surface area contributed by atoms with Crippen LogP contribution in [0.15, 0.2) is 0 Å². The van der Waals surface area contributed by atoms with Gasteiger partial charge in [0.25, 0.3) is 0 Å². The van der Waals surface area contributed by atoms with Crippen molar-refractivity contribution in [2.24, 2.45) is 5.92 Å². The van der Waals surface area contributed by atoms with E-state index in [0.29, 0.717) is 11.8 Å². The molecule has 92 valence electrons. The van der Waals surface area contributed by atoms with Crippen LogP contribution in [-0.2, 0) is 9.59 Å². The standard InChI is InChI=1S/C12H21NO2S/c1-9(8-16-10(2)14)12(15)13-11-6-4-3-5-7-11/h9,11H,3-8H2,1-2H3,(H,13,15). The topological polar surface area (TPSA) is 46.2 Å². The first-order valence-electron chi connectivity index (χ1n) is 6.03. The molecule has 0 spiro atoms. The van der Waals surface area contributed by atoms with Gasteiger partial charge in [0.15, 0.2) is 5.12 Å². The van der Waals surface area contributed by atoms with E-state index >= 15 is 0 Å². The molecule has 1 rings (SSSR count). The van der Waals surface area contributed by atoms with Crippen LogP contribution in [0.2, 0.25) is 0 Å². The average Bonchev–Trinajstić information content (AvgIpc) is 2.27. The zero-order chi connectivity index (χ0) is 12.0. The highest BCUT2D eigenvalue weighted by atomic mass is 32.2. The predicted octanol–water partition coefficient (Wildman–Crippen LogP) is 2.35. The average molecular weight is 243 g/mol. The van der Waals surface area contributed by atoms with Crippen molar-refractivity contribution in [3.8, 4) is 0 Å². The zero-order valence-electron chi connectivity index (χ0n) is 10.1.